The van der Waals surface area contributed by atoms with Gasteiger partial charge < -0.3 is 5.32 Å². The van der Waals surface area contributed by atoms with E-state index in [1.54, 1.807) is 30.3 Å². The lowest BCUT2D eigenvalue weighted by molar-refractivity contribution is -0.383. The Balaban J connectivity index is 1.96. The number of anilines is 1. The number of amides is 1. The highest BCUT2D eigenvalue weighted by Crippen LogP contribution is 2.65. The van der Waals surface area contributed by atoms with E-state index in [1.807, 2.05) is 6.07 Å². The van der Waals surface area contributed by atoms with Gasteiger partial charge in [-0.15, -0.1) is 23.2 Å². The fourth-order valence-corrected chi connectivity index (χ4v) is 3.46. The van der Waals surface area contributed by atoms with Gasteiger partial charge in [-0.3, -0.25) is 14.9 Å². The number of carbonyl (C=O) groups excluding carboxylic acids is 1. The topological polar surface area (TPSA) is 72.2 Å². The van der Waals surface area contributed by atoms with Crippen LogP contribution in [0.2, 0.25) is 0 Å². The van der Waals surface area contributed by atoms with Crippen LogP contribution in [0.1, 0.15) is 12.0 Å². The first-order valence-electron chi connectivity index (χ1n) is 6.87. The fourth-order valence-electron chi connectivity index (χ4n) is 2.67. The highest BCUT2D eigenvalue weighted by molar-refractivity contribution is 6.54. The van der Waals surface area contributed by atoms with Gasteiger partial charge in [0.1, 0.15) is 15.4 Å². The molecule has 0 heterocycles. The van der Waals surface area contributed by atoms with Crippen molar-refractivity contribution in [1.82, 2.24) is 0 Å². The molecule has 23 heavy (non-hydrogen) atoms. The molecule has 0 aromatic heterocycles. The van der Waals surface area contributed by atoms with Crippen molar-refractivity contribution in [3.63, 3.8) is 0 Å². The summed E-state index contributed by atoms with van der Waals surface area (Å²) in [7, 11) is 0. The number of alkyl halides is 2. The largest absolute Gasteiger partial charge is 0.319 e. The fraction of sp³-hybridized carbons (Fsp3) is 0.188. The van der Waals surface area contributed by atoms with E-state index in [2.05, 4.69) is 5.32 Å². The zero-order chi connectivity index (χ0) is 16.7. The molecule has 1 unspecified atom stereocenters. The summed E-state index contributed by atoms with van der Waals surface area (Å²) in [5.74, 6) is -0.456. The van der Waals surface area contributed by atoms with Crippen LogP contribution in [0.25, 0.3) is 0 Å². The molecule has 1 N–H and O–H groups in total. The van der Waals surface area contributed by atoms with Crippen LogP contribution in [0.3, 0.4) is 0 Å². The summed E-state index contributed by atoms with van der Waals surface area (Å²) in [6.45, 7) is 0. The van der Waals surface area contributed by atoms with Crippen LogP contribution in [0.4, 0.5) is 11.4 Å². The summed E-state index contributed by atoms with van der Waals surface area (Å²) in [5.41, 5.74) is -0.490. The van der Waals surface area contributed by atoms with Gasteiger partial charge in [-0.05, 0) is 11.6 Å². The van der Waals surface area contributed by atoms with Gasteiger partial charge in [-0.2, -0.15) is 0 Å². The number of benzene rings is 2. The van der Waals surface area contributed by atoms with Gasteiger partial charge in [-0.25, -0.2) is 0 Å². The van der Waals surface area contributed by atoms with E-state index in [0.29, 0.717) is 5.56 Å². The normalized spacial score (nSPS) is 21.5. The molecular weight excluding hydrogens is 339 g/mol. The molecule has 1 aliphatic carbocycles. The van der Waals surface area contributed by atoms with E-state index in [0.717, 1.165) is 0 Å². The summed E-state index contributed by atoms with van der Waals surface area (Å²) in [6, 6.07) is 14.9. The smallest absolute Gasteiger partial charge is 0.292 e. The summed E-state index contributed by atoms with van der Waals surface area (Å²) in [6.07, 6.45) is 0.250. The number of hydrogen-bond donors (Lipinski definition) is 1. The second-order valence-electron chi connectivity index (χ2n) is 5.38. The third-order valence-electron chi connectivity index (χ3n) is 3.99. The predicted molar refractivity (Wildman–Crippen MR) is 88.9 cm³/mol. The van der Waals surface area contributed by atoms with Gasteiger partial charge >= 0.3 is 0 Å². The van der Waals surface area contributed by atoms with Crippen molar-refractivity contribution >= 4 is 40.5 Å². The van der Waals surface area contributed by atoms with E-state index in [-0.39, 0.29) is 17.8 Å². The van der Waals surface area contributed by atoms with Crippen molar-refractivity contribution in [2.45, 2.75) is 16.2 Å². The van der Waals surface area contributed by atoms with Crippen molar-refractivity contribution in [1.29, 1.82) is 0 Å². The SMILES string of the molecule is O=C(Nc1ccccc1[N+](=O)[O-])C1(c2ccccc2)CC1(Cl)Cl. The molecule has 1 amide bonds. The van der Waals surface area contributed by atoms with E-state index < -0.39 is 20.6 Å². The van der Waals surface area contributed by atoms with Gasteiger partial charge in [0.25, 0.3) is 5.69 Å². The monoisotopic (exact) mass is 350 g/mol. The molecule has 2 aromatic rings. The average Bonchev–Trinajstić information content (AvgIpc) is 3.12. The highest BCUT2D eigenvalue weighted by atomic mass is 35.5. The third-order valence-corrected chi connectivity index (χ3v) is 4.90. The first-order chi connectivity index (χ1) is 10.9. The molecule has 0 bridgehead atoms. The zero-order valence-electron chi connectivity index (χ0n) is 11.8. The van der Waals surface area contributed by atoms with Gasteiger partial charge in [-0.1, -0.05) is 42.5 Å². The van der Waals surface area contributed by atoms with Crippen molar-refractivity contribution in [3.8, 4) is 0 Å². The Morgan fingerprint density at radius 1 is 1.09 bits per heavy atom. The average molecular weight is 351 g/mol. The zero-order valence-corrected chi connectivity index (χ0v) is 13.3. The van der Waals surface area contributed by atoms with Gasteiger partial charge in [0.05, 0.1) is 4.92 Å². The van der Waals surface area contributed by atoms with Crippen molar-refractivity contribution in [3.05, 3.63) is 70.3 Å². The van der Waals surface area contributed by atoms with E-state index >= 15 is 0 Å². The highest BCUT2D eigenvalue weighted by Gasteiger charge is 2.72. The van der Waals surface area contributed by atoms with Crippen molar-refractivity contribution in [2.75, 3.05) is 5.32 Å². The van der Waals surface area contributed by atoms with Gasteiger partial charge in [0, 0.05) is 12.5 Å². The molecule has 1 atom stereocenters. The minimum atomic E-state index is -1.23. The first-order valence-corrected chi connectivity index (χ1v) is 7.62. The number of nitro groups is 1. The molecular formula is C16H12Cl2N2O3. The Bertz CT molecular complexity index is 780. The molecule has 7 heteroatoms. The number of nitrogens with zero attached hydrogens (tertiary/aromatic N) is 1. The number of carbonyl (C=O) groups is 1. The van der Waals surface area contributed by atoms with Crippen LogP contribution in [0, 0.1) is 10.1 Å². The van der Waals surface area contributed by atoms with Gasteiger partial charge in [0.2, 0.25) is 5.91 Å². The molecule has 3 rings (SSSR count). The number of rotatable bonds is 4. The van der Waals surface area contributed by atoms with Crippen LogP contribution in [-0.2, 0) is 10.2 Å². The lowest BCUT2D eigenvalue weighted by atomic mass is 9.94. The summed E-state index contributed by atoms with van der Waals surface area (Å²) >= 11 is 12.5. The second kappa shape index (κ2) is 5.51. The molecule has 0 saturated heterocycles. The van der Waals surface area contributed by atoms with E-state index in [1.165, 1.54) is 18.2 Å². The summed E-state index contributed by atoms with van der Waals surface area (Å²) in [5, 5.41) is 13.7. The molecule has 0 radical (unpaired) electrons. The number of para-hydroxylation sites is 2. The lowest BCUT2D eigenvalue weighted by Gasteiger charge is -2.18. The van der Waals surface area contributed by atoms with Gasteiger partial charge in [0.15, 0.2) is 0 Å². The summed E-state index contributed by atoms with van der Waals surface area (Å²) < 4.78 is -1.23. The molecule has 1 aliphatic rings. The van der Waals surface area contributed by atoms with Crippen LogP contribution in [0.5, 0.6) is 0 Å². The maximum Gasteiger partial charge on any atom is 0.292 e. The predicted octanol–water partition coefficient (Wildman–Crippen LogP) is 4.05. The van der Waals surface area contributed by atoms with Crippen molar-refractivity contribution < 1.29 is 9.72 Å². The Labute approximate surface area is 142 Å². The Morgan fingerprint density at radius 2 is 1.65 bits per heavy atom. The minimum Gasteiger partial charge on any atom is -0.319 e. The van der Waals surface area contributed by atoms with Crippen LogP contribution >= 0.6 is 23.2 Å². The van der Waals surface area contributed by atoms with Crippen LogP contribution in [-0.4, -0.2) is 15.2 Å². The Kier molecular flexibility index (Phi) is 3.78. The minimum absolute atomic E-state index is 0.119. The molecule has 118 valence electrons. The van der Waals surface area contributed by atoms with E-state index in [4.69, 9.17) is 23.2 Å². The first kappa shape index (κ1) is 15.8. The van der Waals surface area contributed by atoms with Crippen LogP contribution in [0.15, 0.2) is 54.6 Å². The molecule has 1 fully saturated rings. The third kappa shape index (κ3) is 2.56. The molecule has 2 aromatic carbocycles. The number of hydrogen-bond acceptors (Lipinski definition) is 3. The standard InChI is InChI=1S/C16H12Cl2N2O3/c17-16(18)10-15(16,11-6-2-1-3-7-11)14(21)19-12-8-4-5-9-13(12)20(22)23/h1-9H,10H2,(H,19,21). The molecule has 0 aliphatic heterocycles. The Hall–Kier alpha value is -2.11. The number of nitro benzene ring substituents is 1. The maximum atomic E-state index is 12.8. The van der Waals surface area contributed by atoms with E-state index in [9.17, 15) is 14.9 Å². The van der Waals surface area contributed by atoms with Crippen molar-refractivity contribution in [2.24, 2.45) is 0 Å². The Morgan fingerprint density at radius 3 is 2.22 bits per heavy atom. The number of halogens is 2. The lowest BCUT2D eigenvalue weighted by Crippen LogP contribution is -2.32. The number of nitrogens with one attached hydrogen (secondary N) is 1. The summed E-state index contributed by atoms with van der Waals surface area (Å²) in [4.78, 5) is 23.3. The molecule has 5 nitrogen and oxygen atoms in total. The molecule has 0 spiro atoms. The van der Waals surface area contributed by atoms with Crippen LogP contribution < -0.4 is 5.32 Å². The quantitative estimate of drug-likeness (QED) is 0.513. The maximum absolute atomic E-state index is 12.8. The second-order valence-corrected chi connectivity index (χ2v) is 6.86. The molecule has 1 saturated carbocycles.